The van der Waals surface area contributed by atoms with E-state index in [-0.39, 0.29) is 73.5 Å². The maximum absolute atomic E-state index is 10.3. The number of carbonyl (C=O) groups excluding carboxylic acids is 2. The van der Waals surface area contributed by atoms with Gasteiger partial charge in [-0.2, -0.15) is 0 Å². The summed E-state index contributed by atoms with van der Waals surface area (Å²) in [4.78, 5) is 29.0. The van der Waals surface area contributed by atoms with Crippen LogP contribution in [0.5, 0.6) is 10.4 Å². The molecule has 0 atom stereocenters. The standard InChI is InChI=1S/2C11H9NO3S2.Ca/c2*13-9(14)5-6-10(16)15-11-12-7-3-1-2-4-8(7)17-11;/h2*1-4H,5-6H2,(H,13,14);/q;;+2/p-2. The zero-order valence-corrected chi connectivity index (χ0v) is 23.6. The Morgan fingerprint density at radius 2 is 1.09 bits per heavy atom. The van der Waals surface area contributed by atoms with Gasteiger partial charge in [0, 0.05) is 24.8 Å². The zero-order valence-electron chi connectivity index (χ0n) is 18.1. The second kappa shape index (κ2) is 14.7. The fourth-order valence-electron chi connectivity index (χ4n) is 2.49. The SMILES string of the molecule is O=C([O-])CCC(=S)Oc1nc2ccccc2s1.O=C([O-])CCC(=S)Oc1nc2ccccc2s1.[Ca+2]. The van der Waals surface area contributed by atoms with Gasteiger partial charge in [-0.15, -0.1) is 0 Å². The normalized spacial score (nSPS) is 10.1. The number of carboxylic acids is 2. The van der Waals surface area contributed by atoms with Crippen molar-refractivity contribution in [2.24, 2.45) is 0 Å². The molecule has 4 rings (SSSR count). The molecule has 0 bridgehead atoms. The van der Waals surface area contributed by atoms with Crippen LogP contribution in [0.15, 0.2) is 48.5 Å². The fourth-order valence-corrected chi connectivity index (χ4v) is 4.64. The molecule has 0 fully saturated rings. The molecule has 0 saturated carbocycles. The van der Waals surface area contributed by atoms with E-state index < -0.39 is 11.9 Å². The van der Waals surface area contributed by atoms with Gasteiger partial charge in [-0.1, -0.05) is 46.9 Å². The number of hydrogen-bond acceptors (Lipinski definition) is 12. The second-order valence-corrected chi connectivity index (χ2v) is 9.48. The van der Waals surface area contributed by atoms with Crippen LogP contribution in [0.2, 0.25) is 0 Å². The Kier molecular flexibility index (Phi) is 12.3. The van der Waals surface area contributed by atoms with Crippen molar-refractivity contribution in [3.8, 4) is 10.4 Å². The van der Waals surface area contributed by atoms with Gasteiger partial charge in [0.05, 0.1) is 20.4 Å². The van der Waals surface area contributed by atoms with Crippen LogP contribution in [0.3, 0.4) is 0 Å². The second-order valence-electron chi connectivity index (χ2n) is 6.59. The molecule has 0 amide bonds. The molecule has 0 aliphatic heterocycles. The largest absolute Gasteiger partial charge is 2.00 e. The van der Waals surface area contributed by atoms with E-state index in [1.165, 1.54) is 22.7 Å². The van der Waals surface area contributed by atoms with Crippen molar-refractivity contribution in [3.05, 3.63) is 48.5 Å². The van der Waals surface area contributed by atoms with Gasteiger partial charge in [0.1, 0.15) is 0 Å². The van der Waals surface area contributed by atoms with E-state index in [4.69, 9.17) is 33.9 Å². The molecule has 0 unspecified atom stereocenters. The maximum Gasteiger partial charge on any atom is 2.00 e. The summed E-state index contributed by atoms with van der Waals surface area (Å²) in [6, 6.07) is 15.2. The topological polar surface area (TPSA) is 124 Å². The van der Waals surface area contributed by atoms with Crippen molar-refractivity contribution in [1.82, 2.24) is 9.97 Å². The van der Waals surface area contributed by atoms with Gasteiger partial charge >= 0.3 is 37.7 Å². The molecule has 4 aromatic rings. The van der Waals surface area contributed by atoms with Crippen molar-refractivity contribution >= 4 is 127 Å². The Hall–Kier alpha value is -1.80. The first-order chi connectivity index (χ1) is 16.3. The van der Waals surface area contributed by atoms with Gasteiger partial charge in [0.25, 0.3) is 10.4 Å². The van der Waals surface area contributed by atoms with E-state index in [1.807, 2.05) is 48.5 Å². The predicted molar refractivity (Wildman–Crippen MR) is 140 cm³/mol. The molecule has 13 heteroatoms. The molecule has 0 saturated heterocycles. The molecule has 0 N–H and O–H groups in total. The molecule has 176 valence electrons. The van der Waals surface area contributed by atoms with Gasteiger partial charge in [0.15, 0.2) is 10.1 Å². The first kappa shape index (κ1) is 29.4. The number of para-hydroxylation sites is 2. The number of rotatable bonds is 8. The number of thiocarbonyl (C=S) groups is 2. The van der Waals surface area contributed by atoms with Gasteiger partial charge in [-0.05, 0) is 61.5 Å². The average Bonchev–Trinajstić information content (AvgIpc) is 3.39. The molecular formula is C22H16CaN2O6S4. The minimum atomic E-state index is -1.14. The Balaban J connectivity index is 0.000000240. The van der Waals surface area contributed by atoms with E-state index in [2.05, 4.69) is 9.97 Å². The summed E-state index contributed by atoms with van der Waals surface area (Å²) in [5.41, 5.74) is 1.69. The predicted octanol–water partition coefficient (Wildman–Crippen LogP) is 2.68. The average molecular weight is 573 g/mol. The van der Waals surface area contributed by atoms with Crippen LogP contribution in [0.1, 0.15) is 25.7 Å². The number of carbonyl (C=O) groups is 2. The number of hydrogen-bond donors (Lipinski definition) is 0. The van der Waals surface area contributed by atoms with Crippen LogP contribution in [0.4, 0.5) is 0 Å². The molecule has 2 aromatic carbocycles. The summed E-state index contributed by atoms with van der Waals surface area (Å²) in [6.45, 7) is 0. The molecule has 0 aliphatic carbocycles. The molecule has 8 nitrogen and oxygen atoms in total. The van der Waals surface area contributed by atoms with Crippen LogP contribution in [0, 0.1) is 0 Å². The Morgan fingerprint density at radius 1 is 0.714 bits per heavy atom. The number of nitrogens with zero attached hydrogens (tertiary/aromatic N) is 2. The molecule has 2 heterocycles. The van der Waals surface area contributed by atoms with Crippen LogP contribution >= 0.6 is 47.1 Å². The number of aromatic nitrogens is 2. The zero-order chi connectivity index (χ0) is 24.5. The van der Waals surface area contributed by atoms with Gasteiger partial charge < -0.3 is 29.3 Å². The third-order valence-corrected chi connectivity index (χ3v) is 6.42. The molecule has 0 spiro atoms. The third-order valence-electron chi connectivity index (χ3n) is 4.02. The monoisotopic (exact) mass is 572 g/mol. The van der Waals surface area contributed by atoms with Gasteiger partial charge in [-0.25, -0.2) is 9.97 Å². The van der Waals surface area contributed by atoms with Crippen molar-refractivity contribution in [2.45, 2.75) is 25.7 Å². The summed E-state index contributed by atoms with van der Waals surface area (Å²) >= 11 is 12.6. The smallest absolute Gasteiger partial charge is 0.550 e. The van der Waals surface area contributed by atoms with Crippen molar-refractivity contribution in [3.63, 3.8) is 0 Å². The number of aliphatic carboxylic acids is 2. The minimum absolute atomic E-state index is 0. The number of thiazole rings is 2. The van der Waals surface area contributed by atoms with E-state index >= 15 is 0 Å². The molecule has 0 radical (unpaired) electrons. The summed E-state index contributed by atoms with van der Waals surface area (Å²) in [5, 5.41) is 21.8. The van der Waals surface area contributed by atoms with Crippen LogP contribution in [-0.2, 0) is 9.59 Å². The number of benzene rings is 2. The van der Waals surface area contributed by atoms with Crippen molar-refractivity contribution in [2.75, 3.05) is 0 Å². The summed E-state index contributed by atoms with van der Waals surface area (Å²) in [5.74, 6) is -2.28. The van der Waals surface area contributed by atoms with Gasteiger partial charge in [0.2, 0.25) is 0 Å². The van der Waals surface area contributed by atoms with Crippen molar-refractivity contribution < 1.29 is 29.3 Å². The minimum Gasteiger partial charge on any atom is -0.550 e. The Labute approximate surface area is 248 Å². The van der Waals surface area contributed by atoms with Crippen LogP contribution < -0.4 is 19.7 Å². The van der Waals surface area contributed by atoms with E-state index in [0.717, 1.165) is 20.4 Å². The van der Waals surface area contributed by atoms with E-state index in [0.29, 0.717) is 10.4 Å². The Morgan fingerprint density at radius 3 is 1.43 bits per heavy atom. The van der Waals surface area contributed by atoms with E-state index in [9.17, 15) is 19.8 Å². The first-order valence-corrected chi connectivity index (χ1v) is 12.3. The molecule has 0 aliphatic rings. The molecule has 2 aromatic heterocycles. The summed E-state index contributed by atoms with van der Waals surface area (Å²) in [6.07, 6.45) is 0.0502. The third kappa shape index (κ3) is 10.00. The summed E-state index contributed by atoms with van der Waals surface area (Å²) < 4.78 is 12.6. The summed E-state index contributed by atoms with van der Waals surface area (Å²) in [7, 11) is 0. The van der Waals surface area contributed by atoms with Crippen LogP contribution in [0.25, 0.3) is 20.4 Å². The van der Waals surface area contributed by atoms with Crippen molar-refractivity contribution in [1.29, 1.82) is 0 Å². The van der Waals surface area contributed by atoms with E-state index in [1.54, 1.807) is 0 Å². The number of carboxylic acid groups (broad SMARTS) is 2. The number of fused-ring (bicyclic) bond motifs is 2. The first-order valence-electron chi connectivity index (χ1n) is 9.82. The van der Waals surface area contributed by atoms with Crippen LogP contribution in [-0.4, -0.2) is 69.7 Å². The fraction of sp³-hybridized carbons (Fsp3) is 0.182. The van der Waals surface area contributed by atoms with Gasteiger partial charge in [-0.3, -0.25) is 0 Å². The quantitative estimate of drug-likeness (QED) is 0.230. The number of ether oxygens (including phenoxy) is 2. The molecule has 35 heavy (non-hydrogen) atoms. The maximum atomic E-state index is 10.3. The molecular weight excluding hydrogens is 557 g/mol. The Bertz CT molecular complexity index is 1170.